The first-order valence-corrected chi connectivity index (χ1v) is 5.75. The Hall–Kier alpha value is -2.89. The van der Waals surface area contributed by atoms with E-state index < -0.39 is 11.9 Å². The zero-order chi connectivity index (χ0) is 14.7. The van der Waals surface area contributed by atoms with Crippen LogP contribution in [-0.4, -0.2) is 22.0 Å². The molecular formula is C14H12N2O4. The summed E-state index contributed by atoms with van der Waals surface area (Å²) in [5.41, 5.74) is 6.09. The van der Waals surface area contributed by atoms with Crippen molar-refractivity contribution in [3.05, 3.63) is 53.3 Å². The van der Waals surface area contributed by atoms with Gasteiger partial charge in [-0.05, 0) is 31.2 Å². The van der Waals surface area contributed by atoms with E-state index in [0.29, 0.717) is 17.0 Å². The van der Waals surface area contributed by atoms with E-state index in [4.69, 9.17) is 15.6 Å². The lowest BCUT2D eigenvalue weighted by Gasteiger charge is -2.09. The molecule has 102 valence electrons. The largest absolute Gasteiger partial charge is 0.477 e. The van der Waals surface area contributed by atoms with Crippen LogP contribution in [0.1, 0.15) is 26.4 Å². The van der Waals surface area contributed by atoms with Gasteiger partial charge in [0.25, 0.3) is 0 Å². The van der Waals surface area contributed by atoms with Crippen LogP contribution < -0.4 is 10.5 Å². The number of nitrogens with zero attached hydrogens (tertiary/aromatic N) is 1. The Morgan fingerprint density at radius 2 is 1.90 bits per heavy atom. The first-order valence-electron chi connectivity index (χ1n) is 5.75. The van der Waals surface area contributed by atoms with Crippen molar-refractivity contribution in [2.75, 3.05) is 0 Å². The van der Waals surface area contributed by atoms with Crippen molar-refractivity contribution in [1.82, 2.24) is 4.98 Å². The average molecular weight is 272 g/mol. The quantitative estimate of drug-likeness (QED) is 0.885. The SMILES string of the molecule is Cc1cc(Oc2ccc(C(N)=O)cc2)c(C(=O)O)cn1. The van der Waals surface area contributed by atoms with Gasteiger partial charge in [-0.2, -0.15) is 0 Å². The molecule has 6 nitrogen and oxygen atoms in total. The molecule has 0 unspecified atom stereocenters. The summed E-state index contributed by atoms with van der Waals surface area (Å²) in [6, 6.07) is 7.63. The molecule has 0 aliphatic carbocycles. The fourth-order valence-corrected chi connectivity index (χ4v) is 1.59. The van der Waals surface area contributed by atoms with Crippen molar-refractivity contribution in [3.8, 4) is 11.5 Å². The van der Waals surface area contributed by atoms with Crippen molar-refractivity contribution in [1.29, 1.82) is 0 Å². The fraction of sp³-hybridized carbons (Fsp3) is 0.0714. The smallest absolute Gasteiger partial charge is 0.341 e. The summed E-state index contributed by atoms with van der Waals surface area (Å²) in [5, 5.41) is 9.07. The number of aryl methyl sites for hydroxylation is 1. The molecule has 0 fully saturated rings. The topological polar surface area (TPSA) is 103 Å². The van der Waals surface area contributed by atoms with E-state index in [1.807, 2.05) is 0 Å². The lowest BCUT2D eigenvalue weighted by molar-refractivity contribution is 0.0693. The molecule has 0 aliphatic rings. The molecule has 0 radical (unpaired) electrons. The summed E-state index contributed by atoms with van der Waals surface area (Å²) in [4.78, 5) is 26.0. The minimum Gasteiger partial charge on any atom is -0.477 e. The van der Waals surface area contributed by atoms with Gasteiger partial charge in [-0.25, -0.2) is 4.79 Å². The van der Waals surface area contributed by atoms with Crippen molar-refractivity contribution in [3.63, 3.8) is 0 Å². The fourth-order valence-electron chi connectivity index (χ4n) is 1.59. The van der Waals surface area contributed by atoms with Gasteiger partial charge in [0.05, 0.1) is 0 Å². The molecule has 6 heteroatoms. The van der Waals surface area contributed by atoms with Crippen LogP contribution in [0.15, 0.2) is 36.5 Å². The van der Waals surface area contributed by atoms with Crippen molar-refractivity contribution < 1.29 is 19.4 Å². The van der Waals surface area contributed by atoms with E-state index in [9.17, 15) is 9.59 Å². The maximum Gasteiger partial charge on any atom is 0.341 e. The number of hydrogen-bond donors (Lipinski definition) is 2. The molecule has 1 aromatic heterocycles. The number of primary amides is 1. The number of aromatic carboxylic acids is 1. The minimum atomic E-state index is -1.12. The Bertz CT molecular complexity index is 665. The zero-order valence-corrected chi connectivity index (χ0v) is 10.7. The minimum absolute atomic E-state index is 0.0328. The number of ether oxygens (including phenoxy) is 1. The molecule has 0 saturated heterocycles. The van der Waals surface area contributed by atoms with Crippen molar-refractivity contribution in [2.45, 2.75) is 6.92 Å². The number of carboxylic acid groups (broad SMARTS) is 1. The van der Waals surface area contributed by atoms with Crippen molar-refractivity contribution >= 4 is 11.9 Å². The predicted octanol–water partition coefficient (Wildman–Crippen LogP) is 1.98. The number of aromatic nitrogens is 1. The first kappa shape index (κ1) is 13.5. The molecule has 1 amide bonds. The summed E-state index contributed by atoms with van der Waals surface area (Å²) in [7, 11) is 0. The number of rotatable bonds is 4. The Kier molecular flexibility index (Phi) is 3.65. The van der Waals surface area contributed by atoms with Gasteiger partial charge in [-0.1, -0.05) is 0 Å². The van der Waals surface area contributed by atoms with Crippen LogP contribution in [0.3, 0.4) is 0 Å². The lowest BCUT2D eigenvalue weighted by Crippen LogP contribution is -2.10. The molecule has 0 aliphatic heterocycles. The van der Waals surface area contributed by atoms with Gasteiger partial charge in [0, 0.05) is 23.5 Å². The summed E-state index contributed by atoms with van der Waals surface area (Å²) in [6.07, 6.45) is 1.24. The van der Waals surface area contributed by atoms with Gasteiger partial charge in [0.2, 0.25) is 5.91 Å². The number of nitrogens with two attached hydrogens (primary N) is 1. The third-order valence-corrected chi connectivity index (χ3v) is 2.60. The third-order valence-electron chi connectivity index (χ3n) is 2.60. The highest BCUT2D eigenvalue weighted by atomic mass is 16.5. The maximum atomic E-state index is 11.1. The van der Waals surface area contributed by atoms with E-state index in [-0.39, 0.29) is 11.3 Å². The van der Waals surface area contributed by atoms with Crippen LogP contribution in [0.4, 0.5) is 0 Å². The second-order valence-electron chi connectivity index (χ2n) is 4.12. The Balaban J connectivity index is 2.31. The van der Waals surface area contributed by atoms with Crippen LogP contribution in [-0.2, 0) is 0 Å². The van der Waals surface area contributed by atoms with Crippen LogP contribution in [0, 0.1) is 6.92 Å². The molecule has 2 rings (SSSR count). The predicted molar refractivity (Wildman–Crippen MR) is 71.0 cm³/mol. The Labute approximate surface area is 114 Å². The highest BCUT2D eigenvalue weighted by Crippen LogP contribution is 2.25. The second-order valence-corrected chi connectivity index (χ2v) is 4.12. The summed E-state index contributed by atoms with van der Waals surface area (Å²) in [6.45, 7) is 1.73. The number of hydrogen-bond acceptors (Lipinski definition) is 4. The number of amides is 1. The van der Waals surface area contributed by atoms with Gasteiger partial charge < -0.3 is 15.6 Å². The van der Waals surface area contributed by atoms with Crippen LogP contribution in [0.5, 0.6) is 11.5 Å². The van der Waals surface area contributed by atoms with Gasteiger partial charge in [0.15, 0.2) is 0 Å². The number of benzene rings is 1. The van der Waals surface area contributed by atoms with E-state index >= 15 is 0 Å². The Morgan fingerprint density at radius 3 is 2.45 bits per heavy atom. The van der Waals surface area contributed by atoms with Crippen molar-refractivity contribution in [2.24, 2.45) is 5.73 Å². The summed E-state index contributed by atoms with van der Waals surface area (Å²) in [5.74, 6) is -1.07. The number of carbonyl (C=O) groups excluding carboxylic acids is 1. The molecule has 0 bridgehead atoms. The molecule has 20 heavy (non-hydrogen) atoms. The molecule has 3 N–H and O–H groups in total. The monoisotopic (exact) mass is 272 g/mol. The van der Waals surface area contributed by atoms with E-state index in [2.05, 4.69) is 4.98 Å². The molecule has 1 heterocycles. The molecule has 1 aromatic carbocycles. The van der Waals surface area contributed by atoms with E-state index in [1.54, 1.807) is 19.1 Å². The normalized spacial score (nSPS) is 10.1. The number of carboxylic acids is 1. The van der Waals surface area contributed by atoms with Crippen LogP contribution >= 0.6 is 0 Å². The van der Waals surface area contributed by atoms with Gasteiger partial charge >= 0.3 is 5.97 Å². The standard InChI is InChI=1S/C14H12N2O4/c1-8-6-12(11(7-16-8)14(18)19)20-10-4-2-9(3-5-10)13(15)17/h2-7H,1H3,(H2,15,17)(H,18,19). The summed E-state index contributed by atoms with van der Waals surface area (Å²) >= 11 is 0. The second kappa shape index (κ2) is 5.40. The molecule has 0 atom stereocenters. The average Bonchev–Trinajstić information content (AvgIpc) is 2.39. The maximum absolute atomic E-state index is 11.1. The van der Waals surface area contributed by atoms with E-state index in [0.717, 1.165) is 0 Å². The first-order chi connectivity index (χ1) is 9.47. The number of pyridine rings is 1. The molecule has 2 aromatic rings. The van der Waals surface area contributed by atoms with Gasteiger partial charge in [0.1, 0.15) is 17.1 Å². The molecule has 0 spiro atoms. The van der Waals surface area contributed by atoms with Gasteiger partial charge in [-0.3, -0.25) is 9.78 Å². The molecular weight excluding hydrogens is 260 g/mol. The highest BCUT2D eigenvalue weighted by molar-refractivity contribution is 5.93. The van der Waals surface area contributed by atoms with Crippen LogP contribution in [0.25, 0.3) is 0 Å². The highest BCUT2D eigenvalue weighted by Gasteiger charge is 2.13. The van der Waals surface area contributed by atoms with Gasteiger partial charge in [-0.15, -0.1) is 0 Å². The molecule has 0 saturated carbocycles. The third kappa shape index (κ3) is 2.92. The lowest BCUT2D eigenvalue weighted by atomic mass is 10.2. The summed E-state index contributed by atoms with van der Waals surface area (Å²) < 4.78 is 5.51. The number of carbonyl (C=O) groups is 2. The van der Waals surface area contributed by atoms with E-state index in [1.165, 1.54) is 24.4 Å². The zero-order valence-electron chi connectivity index (χ0n) is 10.7. The Morgan fingerprint density at radius 1 is 1.25 bits per heavy atom. The van der Waals surface area contributed by atoms with Crippen LogP contribution in [0.2, 0.25) is 0 Å².